The third-order valence-electron chi connectivity index (χ3n) is 3.52. The van der Waals surface area contributed by atoms with E-state index >= 15 is 0 Å². The first-order valence-electron chi connectivity index (χ1n) is 6.63. The molecule has 1 aromatic rings. The maximum Gasteiger partial charge on any atom is 0.0575 e. The number of hydrazine groups is 1. The molecular formula is C14H21ClN2O. The Kier molecular flexibility index (Phi) is 5.45. The van der Waals surface area contributed by atoms with Crippen LogP contribution in [0.15, 0.2) is 24.3 Å². The average Bonchev–Trinajstić information content (AvgIpc) is 2.42. The number of benzene rings is 1. The Hall–Kier alpha value is -0.610. The molecule has 4 heteroatoms. The fourth-order valence-electron chi connectivity index (χ4n) is 2.43. The lowest BCUT2D eigenvalue weighted by molar-refractivity contribution is 0.00854. The van der Waals surface area contributed by atoms with E-state index in [1.807, 2.05) is 24.3 Å². The van der Waals surface area contributed by atoms with Gasteiger partial charge in [-0.2, -0.15) is 0 Å². The molecular weight excluding hydrogens is 248 g/mol. The molecule has 2 rings (SSSR count). The van der Waals surface area contributed by atoms with E-state index < -0.39 is 0 Å². The van der Waals surface area contributed by atoms with Gasteiger partial charge in [-0.05, 0) is 49.8 Å². The summed E-state index contributed by atoms with van der Waals surface area (Å²) in [6, 6.07) is 8.02. The Labute approximate surface area is 114 Å². The summed E-state index contributed by atoms with van der Waals surface area (Å²) in [5, 5.41) is 0.755. The van der Waals surface area contributed by atoms with E-state index in [4.69, 9.17) is 22.2 Å². The summed E-state index contributed by atoms with van der Waals surface area (Å²) in [7, 11) is 0. The van der Waals surface area contributed by atoms with E-state index in [9.17, 15) is 0 Å². The fraction of sp³-hybridized carbons (Fsp3) is 0.571. The molecule has 0 spiro atoms. The van der Waals surface area contributed by atoms with Crippen molar-refractivity contribution in [2.75, 3.05) is 6.61 Å². The number of hydrogen-bond donors (Lipinski definition) is 2. The van der Waals surface area contributed by atoms with E-state index in [1.165, 1.54) is 24.8 Å². The highest BCUT2D eigenvalue weighted by Crippen LogP contribution is 2.24. The van der Waals surface area contributed by atoms with Crippen molar-refractivity contribution in [2.24, 2.45) is 5.84 Å². The lowest BCUT2D eigenvalue weighted by atomic mass is 9.98. The number of nitrogens with one attached hydrogen (secondary N) is 1. The van der Waals surface area contributed by atoms with E-state index in [0.29, 0.717) is 6.10 Å². The van der Waals surface area contributed by atoms with Gasteiger partial charge in [0.15, 0.2) is 0 Å². The largest absolute Gasteiger partial charge is 0.378 e. The summed E-state index contributed by atoms with van der Waals surface area (Å²) < 4.78 is 5.74. The van der Waals surface area contributed by atoms with Gasteiger partial charge in [0.1, 0.15) is 0 Å². The number of ether oxygens (including phenoxy) is 1. The highest BCUT2D eigenvalue weighted by Gasteiger charge is 2.17. The van der Waals surface area contributed by atoms with Crippen LogP contribution in [-0.2, 0) is 4.74 Å². The molecule has 100 valence electrons. The van der Waals surface area contributed by atoms with Gasteiger partial charge in [0.2, 0.25) is 0 Å². The minimum absolute atomic E-state index is 0.174. The second-order valence-electron chi connectivity index (χ2n) is 4.84. The second-order valence-corrected chi connectivity index (χ2v) is 5.27. The first-order valence-corrected chi connectivity index (χ1v) is 7.00. The average molecular weight is 269 g/mol. The SMILES string of the molecule is NNC(CCC1CCCCO1)c1ccc(Cl)cc1. The van der Waals surface area contributed by atoms with Crippen LogP contribution in [-0.4, -0.2) is 12.7 Å². The topological polar surface area (TPSA) is 47.3 Å². The Morgan fingerprint density at radius 3 is 2.72 bits per heavy atom. The minimum Gasteiger partial charge on any atom is -0.378 e. The van der Waals surface area contributed by atoms with Gasteiger partial charge in [-0.3, -0.25) is 11.3 Å². The summed E-state index contributed by atoms with van der Waals surface area (Å²) in [4.78, 5) is 0. The predicted octanol–water partition coefficient (Wildman–Crippen LogP) is 3.19. The molecule has 0 radical (unpaired) electrons. The molecule has 1 heterocycles. The number of rotatable bonds is 5. The normalized spacial score (nSPS) is 21.8. The zero-order chi connectivity index (χ0) is 12.8. The molecule has 1 aromatic carbocycles. The van der Waals surface area contributed by atoms with Crippen LogP contribution in [0.5, 0.6) is 0 Å². The van der Waals surface area contributed by atoms with Gasteiger partial charge in [-0.15, -0.1) is 0 Å². The van der Waals surface area contributed by atoms with Crippen molar-refractivity contribution in [1.29, 1.82) is 0 Å². The Morgan fingerprint density at radius 2 is 2.11 bits per heavy atom. The van der Waals surface area contributed by atoms with Crippen molar-refractivity contribution in [3.8, 4) is 0 Å². The lowest BCUT2D eigenvalue weighted by Gasteiger charge is -2.24. The van der Waals surface area contributed by atoms with Crippen LogP contribution in [0.2, 0.25) is 5.02 Å². The van der Waals surface area contributed by atoms with Crippen LogP contribution in [0, 0.1) is 0 Å². The number of nitrogens with two attached hydrogens (primary N) is 1. The van der Waals surface area contributed by atoms with Crippen LogP contribution in [0.1, 0.15) is 43.7 Å². The van der Waals surface area contributed by atoms with Gasteiger partial charge < -0.3 is 4.74 Å². The molecule has 3 N–H and O–H groups in total. The summed E-state index contributed by atoms with van der Waals surface area (Å²) in [6.07, 6.45) is 6.11. The molecule has 0 amide bonds. The van der Waals surface area contributed by atoms with Gasteiger partial charge in [0.05, 0.1) is 6.10 Å². The summed E-state index contributed by atoms with van der Waals surface area (Å²) >= 11 is 5.89. The van der Waals surface area contributed by atoms with Crippen molar-refractivity contribution in [1.82, 2.24) is 5.43 Å². The smallest absolute Gasteiger partial charge is 0.0575 e. The number of halogens is 1. The third-order valence-corrected chi connectivity index (χ3v) is 3.78. The Morgan fingerprint density at radius 1 is 1.33 bits per heavy atom. The summed E-state index contributed by atoms with van der Waals surface area (Å²) in [5.41, 5.74) is 4.06. The highest BCUT2D eigenvalue weighted by molar-refractivity contribution is 6.30. The molecule has 0 aromatic heterocycles. The molecule has 18 heavy (non-hydrogen) atoms. The third kappa shape index (κ3) is 3.95. The van der Waals surface area contributed by atoms with Crippen LogP contribution < -0.4 is 11.3 Å². The first-order chi connectivity index (χ1) is 8.79. The zero-order valence-electron chi connectivity index (χ0n) is 10.6. The first kappa shape index (κ1) is 13.8. The second kappa shape index (κ2) is 7.10. The predicted molar refractivity (Wildman–Crippen MR) is 74.3 cm³/mol. The lowest BCUT2D eigenvalue weighted by Crippen LogP contribution is -2.29. The zero-order valence-corrected chi connectivity index (χ0v) is 11.3. The van der Waals surface area contributed by atoms with Crippen molar-refractivity contribution < 1.29 is 4.74 Å². The quantitative estimate of drug-likeness (QED) is 0.637. The Bertz CT molecular complexity index is 349. The molecule has 1 fully saturated rings. The molecule has 0 bridgehead atoms. The van der Waals surface area contributed by atoms with Crippen molar-refractivity contribution in [3.63, 3.8) is 0 Å². The molecule has 3 nitrogen and oxygen atoms in total. The van der Waals surface area contributed by atoms with Crippen LogP contribution in [0.3, 0.4) is 0 Å². The maximum atomic E-state index is 5.89. The van der Waals surface area contributed by atoms with Gasteiger partial charge in [-0.1, -0.05) is 23.7 Å². The maximum absolute atomic E-state index is 5.89. The number of hydrogen-bond acceptors (Lipinski definition) is 3. The van der Waals surface area contributed by atoms with Crippen molar-refractivity contribution in [2.45, 2.75) is 44.2 Å². The van der Waals surface area contributed by atoms with Gasteiger partial charge in [0, 0.05) is 17.7 Å². The van der Waals surface area contributed by atoms with Crippen molar-refractivity contribution in [3.05, 3.63) is 34.9 Å². The fourth-order valence-corrected chi connectivity index (χ4v) is 2.55. The summed E-state index contributed by atoms with van der Waals surface area (Å²) in [5.74, 6) is 5.63. The molecule has 1 aliphatic rings. The molecule has 1 saturated heterocycles. The van der Waals surface area contributed by atoms with Crippen LogP contribution >= 0.6 is 11.6 Å². The Balaban J connectivity index is 1.86. The molecule has 0 aliphatic carbocycles. The van der Waals surface area contributed by atoms with E-state index in [1.54, 1.807) is 0 Å². The van der Waals surface area contributed by atoms with E-state index in [0.717, 1.165) is 24.5 Å². The highest BCUT2D eigenvalue weighted by atomic mass is 35.5. The molecule has 2 atom stereocenters. The van der Waals surface area contributed by atoms with Crippen LogP contribution in [0.4, 0.5) is 0 Å². The molecule has 2 unspecified atom stereocenters. The van der Waals surface area contributed by atoms with Gasteiger partial charge in [0.25, 0.3) is 0 Å². The summed E-state index contributed by atoms with van der Waals surface area (Å²) in [6.45, 7) is 0.909. The minimum atomic E-state index is 0.174. The van der Waals surface area contributed by atoms with Gasteiger partial charge in [-0.25, -0.2) is 0 Å². The molecule has 0 saturated carbocycles. The van der Waals surface area contributed by atoms with E-state index in [-0.39, 0.29) is 6.04 Å². The molecule has 1 aliphatic heterocycles. The van der Waals surface area contributed by atoms with Crippen molar-refractivity contribution >= 4 is 11.6 Å². The monoisotopic (exact) mass is 268 g/mol. The van der Waals surface area contributed by atoms with Gasteiger partial charge >= 0.3 is 0 Å². The standard InChI is InChI=1S/C14H21ClN2O/c15-12-6-4-11(5-7-12)14(17-16)9-8-13-3-1-2-10-18-13/h4-7,13-14,17H,1-3,8-10,16H2. The van der Waals surface area contributed by atoms with E-state index in [2.05, 4.69) is 5.43 Å². The van der Waals surface area contributed by atoms with Crippen LogP contribution in [0.25, 0.3) is 0 Å².